The molecule has 0 atom stereocenters. The van der Waals surface area contributed by atoms with Gasteiger partial charge < -0.3 is 10.1 Å². The molecule has 4 heteroatoms. The van der Waals surface area contributed by atoms with Gasteiger partial charge in [0.25, 0.3) is 5.91 Å². The highest BCUT2D eigenvalue weighted by molar-refractivity contribution is 6.05. The van der Waals surface area contributed by atoms with Crippen LogP contribution in [-0.4, -0.2) is 37.1 Å². The normalized spacial score (nSPS) is 15.2. The minimum absolute atomic E-state index is 0.0621. The summed E-state index contributed by atoms with van der Waals surface area (Å²) >= 11 is 0. The fraction of sp³-hybridized carbons (Fsp3) is 0.381. The summed E-state index contributed by atoms with van der Waals surface area (Å²) in [6.45, 7) is 10.6. The summed E-state index contributed by atoms with van der Waals surface area (Å²) in [5.41, 5.74) is 6.21. The Bertz CT molecular complexity index is 724. The molecule has 1 amide bonds. The second kappa shape index (κ2) is 7.81. The first kappa shape index (κ1) is 17.6. The van der Waals surface area contributed by atoms with Crippen molar-refractivity contribution in [2.24, 2.45) is 0 Å². The molecule has 0 spiro atoms. The van der Waals surface area contributed by atoms with Gasteiger partial charge in [0.15, 0.2) is 0 Å². The summed E-state index contributed by atoms with van der Waals surface area (Å²) in [6.07, 6.45) is 0. The van der Waals surface area contributed by atoms with E-state index in [-0.39, 0.29) is 5.91 Å². The van der Waals surface area contributed by atoms with Crippen LogP contribution in [0.5, 0.6) is 0 Å². The number of carbonyl (C=O) groups excluding carboxylic acids is 1. The van der Waals surface area contributed by atoms with Crippen molar-refractivity contribution in [3.05, 3.63) is 64.2 Å². The molecule has 0 unspecified atom stereocenters. The Morgan fingerprint density at radius 3 is 2.24 bits per heavy atom. The van der Waals surface area contributed by atoms with Crippen molar-refractivity contribution in [3.8, 4) is 0 Å². The van der Waals surface area contributed by atoms with Gasteiger partial charge in [-0.25, -0.2) is 0 Å². The Kier molecular flexibility index (Phi) is 5.51. The molecule has 1 aliphatic heterocycles. The largest absolute Gasteiger partial charge is 0.379 e. The quantitative estimate of drug-likeness (QED) is 0.924. The van der Waals surface area contributed by atoms with Crippen LogP contribution in [0, 0.1) is 20.8 Å². The minimum atomic E-state index is -0.0621. The molecule has 1 aliphatic rings. The van der Waals surface area contributed by atoms with E-state index in [1.807, 2.05) is 38.1 Å². The van der Waals surface area contributed by atoms with Crippen molar-refractivity contribution >= 4 is 11.6 Å². The van der Waals surface area contributed by atoms with E-state index < -0.39 is 0 Å². The highest BCUT2D eigenvalue weighted by Crippen LogP contribution is 2.22. The van der Waals surface area contributed by atoms with Gasteiger partial charge in [-0.3, -0.25) is 9.69 Å². The van der Waals surface area contributed by atoms with Crippen LogP contribution in [0.25, 0.3) is 0 Å². The lowest BCUT2D eigenvalue weighted by Crippen LogP contribution is -2.35. The first-order chi connectivity index (χ1) is 12.0. The number of amides is 1. The Morgan fingerprint density at radius 2 is 1.64 bits per heavy atom. The molecule has 0 bridgehead atoms. The fourth-order valence-electron chi connectivity index (χ4n) is 3.34. The Hall–Kier alpha value is -2.17. The van der Waals surface area contributed by atoms with E-state index in [9.17, 15) is 4.79 Å². The maximum atomic E-state index is 12.6. The third-order valence-electron chi connectivity index (χ3n) is 4.64. The number of nitrogens with one attached hydrogen (secondary N) is 1. The van der Waals surface area contributed by atoms with E-state index in [1.165, 1.54) is 11.1 Å². The molecule has 2 aromatic carbocycles. The summed E-state index contributed by atoms with van der Waals surface area (Å²) in [6, 6.07) is 12.1. The van der Waals surface area contributed by atoms with Crippen molar-refractivity contribution in [2.75, 3.05) is 31.6 Å². The minimum Gasteiger partial charge on any atom is -0.379 e. The van der Waals surface area contributed by atoms with E-state index in [0.717, 1.165) is 49.7 Å². The topological polar surface area (TPSA) is 41.6 Å². The van der Waals surface area contributed by atoms with Gasteiger partial charge in [0.2, 0.25) is 0 Å². The van der Waals surface area contributed by atoms with Crippen molar-refractivity contribution in [1.82, 2.24) is 4.90 Å². The summed E-state index contributed by atoms with van der Waals surface area (Å²) in [4.78, 5) is 14.9. The monoisotopic (exact) mass is 338 g/mol. The van der Waals surface area contributed by atoms with Crippen LogP contribution in [0.15, 0.2) is 36.4 Å². The standard InChI is InChI=1S/C21H26N2O2/c1-15-12-16(2)20(17(3)13-15)22-21(24)19-6-4-18(5-7-19)14-23-8-10-25-11-9-23/h4-7,12-13H,8-11,14H2,1-3H3,(H,22,24). The van der Waals surface area contributed by atoms with Gasteiger partial charge in [-0.05, 0) is 49.6 Å². The number of hydrogen-bond acceptors (Lipinski definition) is 3. The first-order valence-electron chi connectivity index (χ1n) is 8.81. The number of benzene rings is 2. The van der Waals surface area contributed by atoms with Crippen LogP contribution in [0.4, 0.5) is 5.69 Å². The summed E-state index contributed by atoms with van der Waals surface area (Å²) in [5, 5.41) is 3.06. The molecule has 4 nitrogen and oxygen atoms in total. The average molecular weight is 338 g/mol. The van der Waals surface area contributed by atoms with Gasteiger partial charge in [0.1, 0.15) is 0 Å². The summed E-state index contributed by atoms with van der Waals surface area (Å²) < 4.78 is 5.38. The molecule has 2 aromatic rings. The van der Waals surface area contributed by atoms with Crippen LogP contribution >= 0.6 is 0 Å². The molecule has 1 fully saturated rings. The summed E-state index contributed by atoms with van der Waals surface area (Å²) in [7, 11) is 0. The Morgan fingerprint density at radius 1 is 1.04 bits per heavy atom. The predicted octanol–water partition coefficient (Wildman–Crippen LogP) is 3.70. The van der Waals surface area contributed by atoms with Gasteiger partial charge in [-0.1, -0.05) is 29.8 Å². The van der Waals surface area contributed by atoms with Gasteiger partial charge in [-0.15, -0.1) is 0 Å². The van der Waals surface area contributed by atoms with Gasteiger partial charge >= 0.3 is 0 Å². The predicted molar refractivity (Wildman–Crippen MR) is 101 cm³/mol. The summed E-state index contributed by atoms with van der Waals surface area (Å²) in [5.74, 6) is -0.0621. The SMILES string of the molecule is Cc1cc(C)c(NC(=O)c2ccc(CN3CCOCC3)cc2)c(C)c1. The number of ether oxygens (including phenoxy) is 1. The van der Waals surface area contributed by atoms with Gasteiger partial charge in [0.05, 0.1) is 13.2 Å². The highest BCUT2D eigenvalue weighted by atomic mass is 16.5. The van der Waals surface area contributed by atoms with E-state index in [1.54, 1.807) is 0 Å². The molecule has 0 saturated carbocycles. The molecule has 25 heavy (non-hydrogen) atoms. The van der Waals surface area contributed by atoms with E-state index in [4.69, 9.17) is 4.74 Å². The average Bonchev–Trinajstić information content (AvgIpc) is 2.59. The molecule has 1 N–H and O–H groups in total. The zero-order chi connectivity index (χ0) is 17.8. The van der Waals surface area contributed by atoms with Crippen LogP contribution in [0.3, 0.4) is 0 Å². The van der Waals surface area contributed by atoms with Crippen molar-refractivity contribution < 1.29 is 9.53 Å². The molecule has 1 saturated heterocycles. The molecule has 132 valence electrons. The maximum Gasteiger partial charge on any atom is 0.255 e. The fourth-order valence-corrected chi connectivity index (χ4v) is 3.34. The second-order valence-electron chi connectivity index (χ2n) is 6.81. The van der Waals surface area contributed by atoms with Crippen molar-refractivity contribution in [2.45, 2.75) is 27.3 Å². The maximum absolute atomic E-state index is 12.6. The molecule has 0 aromatic heterocycles. The van der Waals surface area contributed by atoms with Crippen LogP contribution in [0.2, 0.25) is 0 Å². The van der Waals surface area contributed by atoms with Gasteiger partial charge in [-0.2, -0.15) is 0 Å². The highest BCUT2D eigenvalue weighted by Gasteiger charge is 2.13. The molecular formula is C21H26N2O2. The number of aryl methyl sites for hydroxylation is 3. The zero-order valence-electron chi connectivity index (χ0n) is 15.3. The molecule has 3 rings (SSSR count). The Balaban J connectivity index is 1.66. The van der Waals surface area contributed by atoms with Crippen LogP contribution < -0.4 is 5.32 Å². The molecule has 1 heterocycles. The molecule has 0 radical (unpaired) electrons. The molecular weight excluding hydrogens is 312 g/mol. The second-order valence-corrected chi connectivity index (χ2v) is 6.81. The van der Waals surface area contributed by atoms with Crippen LogP contribution in [0.1, 0.15) is 32.6 Å². The third-order valence-corrected chi connectivity index (χ3v) is 4.64. The lowest BCUT2D eigenvalue weighted by atomic mass is 10.0. The number of hydrogen-bond donors (Lipinski definition) is 1. The smallest absolute Gasteiger partial charge is 0.255 e. The third kappa shape index (κ3) is 4.47. The van der Waals surface area contributed by atoms with E-state index in [2.05, 4.69) is 29.3 Å². The molecule has 0 aliphatic carbocycles. The number of rotatable bonds is 4. The van der Waals surface area contributed by atoms with Gasteiger partial charge in [0, 0.05) is 30.9 Å². The lowest BCUT2D eigenvalue weighted by Gasteiger charge is -2.26. The van der Waals surface area contributed by atoms with Crippen molar-refractivity contribution in [3.63, 3.8) is 0 Å². The number of carbonyl (C=O) groups is 1. The van der Waals surface area contributed by atoms with Crippen LogP contribution in [-0.2, 0) is 11.3 Å². The zero-order valence-corrected chi connectivity index (χ0v) is 15.3. The number of nitrogens with zero attached hydrogens (tertiary/aromatic N) is 1. The number of morpholine rings is 1. The lowest BCUT2D eigenvalue weighted by molar-refractivity contribution is 0.0342. The van der Waals surface area contributed by atoms with E-state index in [0.29, 0.717) is 5.56 Å². The number of anilines is 1. The van der Waals surface area contributed by atoms with Crippen molar-refractivity contribution in [1.29, 1.82) is 0 Å². The van der Waals surface area contributed by atoms with E-state index >= 15 is 0 Å². The Labute approximate surface area is 149 Å². The first-order valence-corrected chi connectivity index (χ1v) is 8.81.